The number of halogens is 1. The highest BCUT2D eigenvalue weighted by Crippen LogP contribution is 2.21. The Labute approximate surface area is 193 Å². The van der Waals surface area contributed by atoms with Crippen molar-refractivity contribution in [2.24, 2.45) is 4.99 Å². The Morgan fingerprint density at radius 1 is 1.38 bits per heavy atom. The summed E-state index contributed by atoms with van der Waals surface area (Å²) in [6.07, 6.45) is 4.61. The quantitative estimate of drug-likeness (QED) is 0.343. The number of amides is 1. The molecule has 1 aliphatic rings. The molecule has 1 atom stereocenters. The summed E-state index contributed by atoms with van der Waals surface area (Å²) in [7, 11) is 1.83. The molecule has 2 N–H and O–H groups in total. The van der Waals surface area contributed by atoms with Crippen LogP contribution >= 0.6 is 35.7 Å². The smallest absolute Gasteiger partial charge is 0.246 e. The molecule has 1 unspecified atom stereocenters. The Hall–Kier alpha value is -1.75. The highest BCUT2D eigenvalue weighted by atomic mass is 127. The lowest BCUT2D eigenvalue weighted by Crippen LogP contribution is -2.47. The van der Waals surface area contributed by atoms with Gasteiger partial charge in [-0.1, -0.05) is 19.1 Å². The van der Waals surface area contributed by atoms with Gasteiger partial charge in [0.15, 0.2) is 5.96 Å². The molecule has 0 aliphatic carbocycles. The minimum absolute atomic E-state index is 0. The third-order valence-electron chi connectivity index (χ3n) is 4.63. The summed E-state index contributed by atoms with van der Waals surface area (Å²) in [6, 6.07) is 9.68. The lowest BCUT2D eigenvalue weighted by atomic mass is 10.2. The molecule has 1 aliphatic heterocycles. The molecule has 0 bridgehead atoms. The predicted octanol–water partition coefficient (Wildman–Crippen LogP) is 3.04. The Bertz CT molecular complexity index is 798. The maximum Gasteiger partial charge on any atom is 0.246 e. The van der Waals surface area contributed by atoms with Crippen molar-refractivity contribution in [3.05, 3.63) is 48.3 Å². The average molecular weight is 528 g/mol. The van der Waals surface area contributed by atoms with Gasteiger partial charge in [0.25, 0.3) is 0 Å². The first-order valence-electron chi connectivity index (χ1n) is 9.61. The van der Waals surface area contributed by atoms with E-state index in [2.05, 4.69) is 32.5 Å². The van der Waals surface area contributed by atoms with Crippen molar-refractivity contribution in [2.75, 3.05) is 31.2 Å². The fraction of sp³-hybridized carbons (Fsp3) is 0.450. The van der Waals surface area contributed by atoms with Crippen LogP contribution in [0.4, 0.5) is 5.69 Å². The molecular weight excluding hydrogens is 499 g/mol. The minimum atomic E-state index is -0.0963. The first-order valence-corrected chi connectivity index (χ1v) is 10.7. The van der Waals surface area contributed by atoms with E-state index in [1.165, 1.54) is 6.42 Å². The topological polar surface area (TPSA) is 74.5 Å². The second-order valence-electron chi connectivity index (χ2n) is 6.70. The van der Waals surface area contributed by atoms with E-state index in [0.717, 1.165) is 36.1 Å². The monoisotopic (exact) mass is 528 g/mol. The van der Waals surface area contributed by atoms with Gasteiger partial charge in [0.1, 0.15) is 6.54 Å². The first kappa shape index (κ1) is 23.5. The fourth-order valence-corrected chi connectivity index (χ4v) is 4.35. The van der Waals surface area contributed by atoms with Crippen LogP contribution in [0.15, 0.2) is 47.7 Å². The summed E-state index contributed by atoms with van der Waals surface area (Å²) in [6.45, 7) is 5.15. The molecule has 1 amide bonds. The number of benzene rings is 1. The molecule has 2 aromatic rings. The number of guanidine groups is 1. The van der Waals surface area contributed by atoms with Crippen LogP contribution in [0.25, 0.3) is 0 Å². The SMILES string of the molecule is CCC1CN(C(=NC)NCc2cccc(NC(=O)Cn3cccn3)c2)CCS1.I. The number of hydrogen-bond acceptors (Lipinski definition) is 4. The molecule has 158 valence electrons. The van der Waals surface area contributed by atoms with Crippen LogP contribution in [0.3, 0.4) is 0 Å². The van der Waals surface area contributed by atoms with Gasteiger partial charge in [-0.2, -0.15) is 16.9 Å². The van der Waals surface area contributed by atoms with Crippen molar-refractivity contribution in [1.82, 2.24) is 20.0 Å². The summed E-state index contributed by atoms with van der Waals surface area (Å²) >= 11 is 2.05. The van der Waals surface area contributed by atoms with Gasteiger partial charge in [-0.25, -0.2) is 0 Å². The highest BCUT2D eigenvalue weighted by molar-refractivity contribution is 14.0. The number of aliphatic imine (C=N–C) groups is 1. The molecule has 9 heteroatoms. The second kappa shape index (κ2) is 12.1. The number of carbonyl (C=O) groups excluding carboxylic acids is 1. The Kier molecular flexibility index (Phi) is 9.79. The van der Waals surface area contributed by atoms with Gasteiger partial charge in [0.2, 0.25) is 5.91 Å². The molecule has 2 heterocycles. The zero-order valence-corrected chi connectivity index (χ0v) is 20.0. The van der Waals surface area contributed by atoms with E-state index in [9.17, 15) is 4.79 Å². The van der Waals surface area contributed by atoms with Gasteiger partial charge in [-0.05, 0) is 30.2 Å². The maximum absolute atomic E-state index is 12.2. The van der Waals surface area contributed by atoms with E-state index < -0.39 is 0 Å². The van der Waals surface area contributed by atoms with Crippen LogP contribution in [-0.2, 0) is 17.9 Å². The van der Waals surface area contributed by atoms with E-state index >= 15 is 0 Å². The molecule has 29 heavy (non-hydrogen) atoms. The second-order valence-corrected chi connectivity index (χ2v) is 8.11. The standard InChI is InChI=1S/C20H28N6OS.HI/c1-3-18-14-25(10-11-28-18)20(21-2)22-13-16-6-4-7-17(12-16)24-19(27)15-26-9-5-8-23-26;/h4-9,12,18H,3,10-11,13-15H2,1-2H3,(H,21,22)(H,24,27);1H. The van der Waals surface area contributed by atoms with Crippen LogP contribution in [0.1, 0.15) is 18.9 Å². The zero-order chi connectivity index (χ0) is 19.8. The molecule has 0 spiro atoms. The maximum atomic E-state index is 12.2. The van der Waals surface area contributed by atoms with Crippen molar-refractivity contribution in [3.63, 3.8) is 0 Å². The van der Waals surface area contributed by atoms with Crippen LogP contribution in [0.2, 0.25) is 0 Å². The normalized spacial score (nSPS) is 16.8. The van der Waals surface area contributed by atoms with Crippen molar-refractivity contribution in [1.29, 1.82) is 0 Å². The number of carbonyl (C=O) groups is 1. The fourth-order valence-electron chi connectivity index (χ4n) is 3.17. The minimum Gasteiger partial charge on any atom is -0.352 e. The van der Waals surface area contributed by atoms with Crippen LogP contribution in [0.5, 0.6) is 0 Å². The Balaban J connectivity index is 0.00000300. The third kappa shape index (κ3) is 7.22. The summed E-state index contributed by atoms with van der Waals surface area (Å²) < 4.78 is 1.60. The molecule has 0 radical (unpaired) electrons. The Morgan fingerprint density at radius 2 is 2.24 bits per heavy atom. The van der Waals surface area contributed by atoms with Gasteiger partial charge < -0.3 is 15.5 Å². The highest BCUT2D eigenvalue weighted by Gasteiger charge is 2.21. The van der Waals surface area contributed by atoms with Gasteiger partial charge >= 0.3 is 0 Å². The van der Waals surface area contributed by atoms with Crippen molar-refractivity contribution in [2.45, 2.75) is 31.7 Å². The number of aromatic nitrogens is 2. The van der Waals surface area contributed by atoms with Gasteiger partial charge in [0.05, 0.1) is 0 Å². The van der Waals surface area contributed by atoms with E-state index in [4.69, 9.17) is 0 Å². The number of thioether (sulfide) groups is 1. The van der Waals surface area contributed by atoms with Gasteiger partial charge in [-0.15, -0.1) is 24.0 Å². The number of hydrogen-bond donors (Lipinski definition) is 2. The number of rotatable bonds is 6. The van der Waals surface area contributed by atoms with Gasteiger partial charge in [0, 0.05) is 55.8 Å². The average Bonchev–Trinajstić information content (AvgIpc) is 3.22. The lowest BCUT2D eigenvalue weighted by Gasteiger charge is -2.34. The summed E-state index contributed by atoms with van der Waals surface area (Å²) in [4.78, 5) is 18.9. The molecule has 7 nitrogen and oxygen atoms in total. The van der Waals surface area contributed by atoms with E-state index in [0.29, 0.717) is 11.8 Å². The number of anilines is 1. The summed E-state index contributed by atoms with van der Waals surface area (Å²) in [5.74, 6) is 1.98. The molecule has 1 fully saturated rings. The molecule has 3 rings (SSSR count). The zero-order valence-electron chi connectivity index (χ0n) is 16.9. The number of nitrogens with zero attached hydrogens (tertiary/aromatic N) is 4. The molecule has 1 aromatic heterocycles. The summed E-state index contributed by atoms with van der Waals surface area (Å²) in [5.41, 5.74) is 1.88. The molecule has 0 saturated carbocycles. The van der Waals surface area contributed by atoms with E-state index in [-0.39, 0.29) is 36.4 Å². The first-order chi connectivity index (χ1) is 13.7. The van der Waals surface area contributed by atoms with E-state index in [1.54, 1.807) is 23.1 Å². The molecule has 1 saturated heterocycles. The molecule has 1 aromatic carbocycles. The van der Waals surface area contributed by atoms with Crippen LogP contribution < -0.4 is 10.6 Å². The van der Waals surface area contributed by atoms with Crippen molar-refractivity contribution < 1.29 is 4.79 Å². The largest absolute Gasteiger partial charge is 0.352 e. The van der Waals surface area contributed by atoms with Crippen LogP contribution in [-0.4, -0.2) is 57.7 Å². The van der Waals surface area contributed by atoms with Crippen LogP contribution in [0, 0.1) is 0 Å². The van der Waals surface area contributed by atoms with Crippen molar-refractivity contribution in [3.8, 4) is 0 Å². The Morgan fingerprint density at radius 3 is 2.97 bits per heavy atom. The van der Waals surface area contributed by atoms with Crippen molar-refractivity contribution >= 4 is 53.3 Å². The third-order valence-corrected chi connectivity index (χ3v) is 6.00. The lowest BCUT2D eigenvalue weighted by molar-refractivity contribution is -0.116. The summed E-state index contributed by atoms with van der Waals surface area (Å²) in [5, 5.41) is 11.1. The van der Waals surface area contributed by atoms with E-state index in [1.807, 2.05) is 43.1 Å². The number of nitrogens with one attached hydrogen (secondary N) is 2. The predicted molar refractivity (Wildman–Crippen MR) is 131 cm³/mol. The molecular formula is C20H29IN6OS. The van der Waals surface area contributed by atoms with Gasteiger partial charge in [-0.3, -0.25) is 14.5 Å².